The van der Waals surface area contributed by atoms with Crippen molar-refractivity contribution in [2.45, 2.75) is 88.8 Å². The van der Waals surface area contributed by atoms with Crippen LogP contribution in [0.25, 0.3) is 0 Å². The largest absolute Gasteiger partial charge is 0.444 e. The molecule has 1 aromatic carbocycles. The van der Waals surface area contributed by atoms with Crippen molar-refractivity contribution in [2.24, 2.45) is 22.1 Å². The first-order valence-corrected chi connectivity index (χ1v) is 14.0. The smallest absolute Gasteiger partial charge is 0.408 e. The number of amidine groups is 1. The van der Waals surface area contributed by atoms with Gasteiger partial charge in [-0.3, -0.25) is 19.9 Å². The number of nitrogens with two attached hydrogens (primary N) is 1. The number of amides is 3. The van der Waals surface area contributed by atoms with Gasteiger partial charge in [0.05, 0.1) is 18.2 Å². The summed E-state index contributed by atoms with van der Waals surface area (Å²) < 4.78 is 5.44. The number of ether oxygens (including phenoxy) is 1. The lowest BCUT2D eigenvalue weighted by atomic mass is 10.0. The first-order valence-electron chi connectivity index (χ1n) is 14.0. The van der Waals surface area contributed by atoms with E-state index in [1.165, 1.54) is 0 Å². The number of likely N-dealkylation sites (tertiary alicyclic amines) is 3. The Morgan fingerprint density at radius 3 is 2.56 bits per heavy atom. The van der Waals surface area contributed by atoms with E-state index in [0.29, 0.717) is 30.9 Å². The predicted octanol–water partition coefficient (Wildman–Crippen LogP) is 2.09. The molecule has 2 bridgehead atoms. The molecule has 3 aliphatic heterocycles. The second-order valence-corrected chi connectivity index (χ2v) is 12.4. The fourth-order valence-corrected chi connectivity index (χ4v) is 6.53. The average Bonchev–Trinajstić information content (AvgIpc) is 3.23. The van der Waals surface area contributed by atoms with Crippen molar-refractivity contribution in [3.63, 3.8) is 0 Å². The maximum absolute atomic E-state index is 13.8. The van der Waals surface area contributed by atoms with Gasteiger partial charge >= 0.3 is 6.09 Å². The van der Waals surface area contributed by atoms with Crippen molar-refractivity contribution in [1.29, 1.82) is 10.7 Å². The maximum atomic E-state index is 13.8. The van der Waals surface area contributed by atoms with E-state index in [1.807, 2.05) is 28.9 Å². The molecule has 1 aliphatic carbocycles. The van der Waals surface area contributed by atoms with Crippen LogP contribution in [-0.2, 0) is 14.3 Å². The van der Waals surface area contributed by atoms with Crippen molar-refractivity contribution in [1.82, 2.24) is 20.0 Å². The first-order chi connectivity index (χ1) is 19.4. The van der Waals surface area contributed by atoms with Gasteiger partial charge in [0.1, 0.15) is 17.7 Å². The summed E-state index contributed by atoms with van der Waals surface area (Å²) in [6, 6.07) is 7.43. The van der Waals surface area contributed by atoms with E-state index in [0.717, 1.165) is 12.0 Å². The highest BCUT2D eigenvalue weighted by atomic mass is 16.6. The van der Waals surface area contributed by atoms with E-state index in [4.69, 9.17) is 16.0 Å². The molecule has 4 aliphatic rings. The molecular formula is C28H37N9O4. The monoisotopic (exact) mass is 563 g/mol. The van der Waals surface area contributed by atoms with Crippen molar-refractivity contribution in [3.05, 3.63) is 35.4 Å². The minimum absolute atomic E-state index is 0.0238. The predicted molar refractivity (Wildman–Crippen MR) is 147 cm³/mol. The zero-order valence-electron chi connectivity index (χ0n) is 23.8. The highest BCUT2D eigenvalue weighted by Crippen LogP contribution is 2.48. The number of nitriles is 1. The van der Waals surface area contributed by atoms with Crippen LogP contribution in [0.5, 0.6) is 0 Å². The topological polar surface area (TPSA) is 181 Å². The van der Waals surface area contributed by atoms with Crippen LogP contribution in [0.4, 0.5) is 4.79 Å². The molecule has 3 amide bonds. The number of alkyl carbamates (subject to hydrolysis) is 1. The van der Waals surface area contributed by atoms with Gasteiger partial charge in [-0.05, 0) is 58.4 Å². The molecule has 1 aromatic rings. The normalized spacial score (nSPS) is 28.4. The van der Waals surface area contributed by atoms with Crippen molar-refractivity contribution >= 4 is 23.7 Å². The molecular weight excluding hydrogens is 526 g/mol. The average molecular weight is 564 g/mol. The van der Waals surface area contributed by atoms with Crippen LogP contribution < -0.4 is 11.2 Å². The molecule has 0 aromatic heterocycles. The Hall–Kier alpha value is -4.05. The Bertz CT molecular complexity index is 1300. The summed E-state index contributed by atoms with van der Waals surface area (Å²) in [7, 11) is 0. The molecule has 0 spiro atoms. The number of hydrogen-bond donors (Lipinski definition) is 3. The van der Waals surface area contributed by atoms with Crippen LogP contribution >= 0.6 is 0 Å². The van der Waals surface area contributed by atoms with Crippen LogP contribution in [0.3, 0.4) is 0 Å². The van der Waals surface area contributed by atoms with E-state index >= 15 is 0 Å². The number of piperazine rings is 1. The van der Waals surface area contributed by atoms with E-state index in [1.54, 1.807) is 37.8 Å². The van der Waals surface area contributed by atoms with E-state index < -0.39 is 29.8 Å². The summed E-state index contributed by atoms with van der Waals surface area (Å²) >= 11 is 0. The summed E-state index contributed by atoms with van der Waals surface area (Å²) in [6.45, 7) is 7.95. The SMILES string of the molecule is C[C@@H](c1ccc(C(=N)N=NN)cc1)N1C(=O)C2C[C@H]1CN2CC(NC(=O)OC(C)(C)C)C(=O)N1C(C#N)CC2CC21. The maximum Gasteiger partial charge on any atom is 0.408 e. The van der Waals surface area contributed by atoms with Crippen molar-refractivity contribution in [3.8, 4) is 6.07 Å². The van der Waals surface area contributed by atoms with Gasteiger partial charge in [0, 0.05) is 30.7 Å². The first kappa shape index (κ1) is 28.5. The van der Waals surface area contributed by atoms with Gasteiger partial charge in [-0.15, -0.1) is 5.11 Å². The number of piperidine rings is 1. The standard InChI is InChI=1S/C28H37N9O4/c1-15(16-5-7-17(8-6-16)24(30)33-34-31)36-20-11-23(26(36)39)35(13-20)14-21(32-27(40)41-28(2,3)4)25(38)37-19(12-29)9-18-10-22(18)37/h5-8,15,18-23H,9-11,13-14H2,1-4H3,(H,32,40)(H3,30,31,33)/t15-,18?,19?,20-,21?,22?,23?/m0/s1. The van der Waals surface area contributed by atoms with Gasteiger partial charge in [0.2, 0.25) is 11.8 Å². The number of hydrogen-bond acceptors (Lipinski definition) is 8. The third-order valence-corrected chi connectivity index (χ3v) is 8.47. The van der Waals surface area contributed by atoms with Crippen LogP contribution in [0.2, 0.25) is 0 Å². The molecule has 13 nitrogen and oxygen atoms in total. The van der Waals surface area contributed by atoms with Gasteiger partial charge in [-0.2, -0.15) is 5.26 Å². The number of rotatable bonds is 7. The van der Waals surface area contributed by atoms with Crippen LogP contribution in [-0.4, -0.2) is 87.3 Å². The lowest BCUT2D eigenvalue weighted by Gasteiger charge is -2.39. The molecule has 3 heterocycles. The van der Waals surface area contributed by atoms with E-state index in [9.17, 15) is 19.6 Å². The lowest BCUT2D eigenvalue weighted by molar-refractivity contribution is -0.141. The summed E-state index contributed by atoms with van der Waals surface area (Å²) in [4.78, 5) is 45.6. The number of nitrogens with zero attached hydrogens (tertiary/aromatic N) is 6. The number of nitrogens with one attached hydrogen (secondary N) is 2. The molecule has 41 heavy (non-hydrogen) atoms. The fraction of sp³-hybridized carbons (Fsp3) is 0.607. The number of carbonyl (C=O) groups excluding carboxylic acids is 3. The van der Waals surface area contributed by atoms with Crippen LogP contribution in [0.15, 0.2) is 34.6 Å². The molecule has 13 heteroatoms. The molecule has 5 unspecified atom stereocenters. The second kappa shape index (κ2) is 10.7. The van der Waals surface area contributed by atoms with Crippen molar-refractivity contribution in [2.75, 3.05) is 13.1 Å². The molecule has 7 atom stereocenters. The highest BCUT2D eigenvalue weighted by molar-refractivity contribution is 5.96. The molecule has 4 fully saturated rings. The second-order valence-electron chi connectivity index (χ2n) is 12.4. The summed E-state index contributed by atoms with van der Waals surface area (Å²) in [5, 5.41) is 27.0. The van der Waals surface area contributed by atoms with Gasteiger partial charge in [-0.1, -0.05) is 29.5 Å². The quantitative estimate of drug-likeness (QED) is 0.149. The fourth-order valence-electron chi connectivity index (χ4n) is 6.53. The molecule has 5 rings (SSSR count). The molecule has 1 saturated carbocycles. The zero-order valence-corrected chi connectivity index (χ0v) is 23.8. The Morgan fingerprint density at radius 2 is 1.95 bits per heavy atom. The Morgan fingerprint density at radius 1 is 1.24 bits per heavy atom. The number of carbonyl (C=O) groups is 3. The lowest BCUT2D eigenvalue weighted by Crippen LogP contribution is -2.59. The number of fused-ring (bicyclic) bond motifs is 3. The Kier molecular flexibility index (Phi) is 7.46. The van der Waals surface area contributed by atoms with Gasteiger partial charge in [0.15, 0.2) is 5.84 Å². The van der Waals surface area contributed by atoms with Crippen LogP contribution in [0, 0.1) is 22.7 Å². The Balaban J connectivity index is 1.28. The summed E-state index contributed by atoms with van der Waals surface area (Å²) in [5.74, 6) is 5.02. The van der Waals surface area contributed by atoms with Gasteiger partial charge in [0.25, 0.3) is 0 Å². The molecule has 4 N–H and O–H groups in total. The summed E-state index contributed by atoms with van der Waals surface area (Å²) in [5.41, 5.74) is 0.751. The third kappa shape index (κ3) is 5.61. The minimum atomic E-state index is -0.938. The van der Waals surface area contributed by atoms with Gasteiger partial charge < -0.3 is 25.7 Å². The molecule has 0 radical (unpaired) electrons. The van der Waals surface area contributed by atoms with E-state index in [2.05, 4.69) is 21.7 Å². The van der Waals surface area contributed by atoms with E-state index in [-0.39, 0.29) is 42.3 Å². The summed E-state index contributed by atoms with van der Waals surface area (Å²) in [6.07, 6.45) is 1.46. The van der Waals surface area contributed by atoms with Gasteiger partial charge in [-0.25, -0.2) is 4.79 Å². The van der Waals surface area contributed by atoms with Crippen molar-refractivity contribution < 1.29 is 19.1 Å². The third-order valence-electron chi connectivity index (χ3n) is 8.47. The van der Waals surface area contributed by atoms with Crippen LogP contribution in [0.1, 0.15) is 64.1 Å². The molecule has 218 valence electrons. The number of benzene rings is 1. The zero-order chi connectivity index (χ0) is 29.6. The minimum Gasteiger partial charge on any atom is -0.444 e. The molecule has 3 saturated heterocycles. The highest BCUT2D eigenvalue weighted by Gasteiger charge is 2.56. The Labute approximate surface area is 239 Å².